The molecule has 3 aliphatic heterocycles. The molecule has 6 nitrogen and oxygen atoms in total. The number of hydrogen-bond donors (Lipinski definition) is 2. The number of fused-ring (bicyclic) bond motifs is 1. The first kappa shape index (κ1) is 15.8. The van der Waals surface area contributed by atoms with Gasteiger partial charge in [-0.3, -0.25) is 15.6 Å². The molecule has 2 N–H and O–H groups in total. The van der Waals surface area contributed by atoms with E-state index in [0.29, 0.717) is 18.4 Å². The summed E-state index contributed by atoms with van der Waals surface area (Å²) in [6, 6.07) is 0.232. The third kappa shape index (κ3) is 3.27. The maximum Gasteiger partial charge on any atom is 0.228 e. The molecule has 0 aromatic rings. The van der Waals surface area contributed by atoms with Crippen molar-refractivity contribution in [2.75, 3.05) is 32.8 Å². The number of rotatable bonds is 2. The van der Waals surface area contributed by atoms with Crippen molar-refractivity contribution in [3.8, 4) is 0 Å². The third-order valence-corrected chi connectivity index (χ3v) is 6.04. The molecule has 0 radical (unpaired) electrons. The summed E-state index contributed by atoms with van der Waals surface area (Å²) < 4.78 is 11.7. The Labute approximate surface area is 138 Å². The van der Waals surface area contributed by atoms with Crippen molar-refractivity contribution in [1.29, 1.82) is 0 Å². The molecule has 5 atom stereocenters. The molecule has 4 aliphatic rings. The van der Waals surface area contributed by atoms with Crippen LogP contribution < -0.4 is 10.9 Å². The Kier molecular flexibility index (Phi) is 4.85. The first-order valence-electron chi connectivity index (χ1n) is 9.33. The second-order valence-corrected chi connectivity index (χ2v) is 7.44. The van der Waals surface area contributed by atoms with Gasteiger partial charge in [0.05, 0.1) is 31.3 Å². The maximum atomic E-state index is 12.9. The van der Waals surface area contributed by atoms with Gasteiger partial charge in [0, 0.05) is 25.7 Å². The number of hydrogen-bond acceptors (Lipinski definition) is 5. The van der Waals surface area contributed by atoms with Crippen LogP contribution in [0.1, 0.15) is 38.5 Å². The Balaban J connectivity index is 1.40. The zero-order valence-electron chi connectivity index (χ0n) is 13.8. The summed E-state index contributed by atoms with van der Waals surface area (Å²) in [6.45, 7) is 4.07. The highest BCUT2D eigenvalue weighted by Gasteiger charge is 2.44. The minimum atomic E-state index is 0.0687. The molecule has 5 unspecified atom stereocenters. The van der Waals surface area contributed by atoms with Gasteiger partial charge in [-0.25, -0.2) is 0 Å². The van der Waals surface area contributed by atoms with Crippen molar-refractivity contribution in [2.45, 2.75) is 56.8 Å². The topological polar surface area (TPSA) is 62.8 Å². The van der Waals surface area contributed by atoms with E-state index in [2.05, 4.69) is 15.8 Å². The Hall–Kier alpha value is -0.690. The van der Waals surface area contributed by atoms with Gasteiger partial charge in [0.1, 0.15) is 0 Å². The molecule has 0 aromatic heterocycles. The van der Waals surface area contributed by atoms with Crippen molar-refractivity contribution < 1.29 is 14.3 Å². The lowest BCUT2D eigenvalue weighted by molar-refractivity contribution is -0.164. The van der Waals surface area contributed by atoms with Gasteiger partial charge in [-0.2, -0.15) is 0 Å². The first-order valence-corrected chi connectivity index (χ1v) is 9.33. The molecule has 4 rings (SSSR count). The van der Waals surface area contributed by atoms with Gasteiger partial charge in [0.15, 0.2) is 0 Å². The Bertz CT molecular complexity index is 427. The van der Waals surface area contributed by atoms with Crippen molar-refractivity contribution in [3.63, 3.8) is 0 Å². The van der Waals surface area contributed by atoms with Crippen molar-refractivity contribution in [3.05, 3.63) is 0 Å². The van der Waals surface area contributed by atoms with E-state index in [1.54, 1.807) is 0 Å². The Morgan fingerprint density at radius 3 is 2.61 bits per heavy atom. The number of likely N-dealkylation sites (tertiary alicyclic amines) is 1. The van der Waals surface area contributed by atoms with Crippen LogP contribution in [0.4, 0.5) is 0 Å². The molecular formula is C17H29N3O3. The van der Waals surface area contributed by atoms with E-state index in [9.17, 15) is 4.79 Å². The summed E-state index contributed by atoms with van der Waals surface area (Å²) in [5.74, 6) is 0.904. The molecule has 6 heteroatoms. The van der Waals surface area contributed by atoms with Crippen LogP contribution in [0.3, 0.4) is 0 Å². The first-order chi connectivity index (χ1) is 11.3. The fourth-order valence-electron chi connectivity index (χ4n) is 4.77. The van der Waals surface area contributed by atoms with E-state index in [1.807, 2.05) is 0 Å². The fraction of sp³-hybridized carbons (Fsp3) is 0.941. The van der Waals surface area contributed by atoms with Crippen LogP contribution in [0.2, 0.25) is 0 Å². The highest BCUT2D eigenvalue weighted by molar-refractivity contribution is 5.80. The van der Waals surface area contributed by atoms with Crippen LogP contribution in [-0.2, 0) is 14.3 Å². The van der Waals surface area contributed by atoms with Gasteiger partial charge in [-0.1, -0.05) is 0 Å². The monoisotopic (exact) mass is 323 g/mol. The molecule has 0 aromatic carbocycles. The second-order valence-electron chi connectivity index (χ2n) is 7.44. The Morgan fingerprint density at radius 2 is 1.78 bits per heavy atom. The number of amides is 1. The van der Waals surface area contributed by atoms with E-state index in [-0.39, 0.29) is 24.2 Å². The molecule has 0 spiro atoms. The van der Waals surface area contributed by atoms with E-state index >= 15 is 0 Å². The molecule has 1 amide bonds. The van der Waals surface area contributed by atoms with Gasteiger partial charge < -0.3 is 14.4 Å². The van der Waals surface area contributed by atoms with Gasteiger partial charge in [0.25, 0.3) is 0 Å². The normalized spacial score (nSPS) is 41.6. The van der Waals surface area contributed by atoms with Crippen LogP contribution in [0.15, 0.2) is 0 Å². The van der Waals surface area contributed by atoms with E-state index in [1.165, 1.54) is 6.42 Å². The van der Waals surface area contributed by atoms with E-state index in [4.69, 9.17) is 9.47 Å². The average Bonchev–Trinajstić information content (AvgIpc) is 3.11. The Morgan fingerprint density at radius 1 is 1.00 bits per heavy atom. The number of nitrogens with one attached hydrogen (secondary N) is 2. The van der Waals surface area contributed by atoms with Gasteiger partial charge >= 0.3 is 0 Å². The quantitative estimate of drug-likeness (QED) is 0.782. The second kappa shape index (κ2) is 7.05. The molecule has 3 saturated heterocycles. The van der Waals surface area contributed by atoms with Crippen molar-refractivity contribution in [2.24, 2.45) is 11.8 Å². The molecule has 4 fully saturated rings. The van der Waals surface area contributed by atoms with Crippen molar-refractivity contribution >= 4 is 5.91 Å². The SMILES string of the molecule is O=C(C1CNNC1C1CCC2OCCOC2C1)N1CCCCC1. The summed E-state index contributed by atoms with van der Waals surface area (Å²) in [7, 11) is 0. The highest BCUT2D eigenvalue weighted by atomic mass is 16.6. The number of ether oxygens (including phenoxy) is 2. The maximum absolute atomic E-state index is 12.9. The standard InChI is InChI=1S/C17H29N3O3/c21-17(20-6-2-1-3-7-20)13-11-18-19-16(13)12-4-5-14-15(10-12)23-9-8-22-14/h12-16,18-19H,1-11H2. The number of hydrazine groups is 1. The summed E-state index contributed by atoms with van der Waals surface area (Å²) in [4.78, 5) is 15.0. The minimum absolute atomic E-state index is 0.0687. The average molecular weight is 323 g/mol. The zero-order valence-corrected chi connectivity index (χ0v) is 13.8. The lowest BCUT2D eigenvalue weighted by Crippen LogP contribution is -2.51. The fourth-order valence-corrected chi connectivity index (χ4v) is 4.77. The van der Waals surface area contributed by atoms with Crippen LogP contribution in [0.25, 0.3) is 0 Å². The van der Waals surface area contributed by atoms with Gasteiger partial charge in [-0.05, 0) is 44.4 Å². The molecule has 130 valence electrons. The predicted molar refractivity (Wildman–Crippen MR) is 85.7 cm³/mol. The summed E-state index contributed by atoms with van der Waals surface area (Å²) in [5, 5.41) is 0. The third-order valence-electron chi connectivity index (χ3n) is 6.04. The number of nitrogens with zero attached hydrogens (tertiary/aromatic N) is 1. The van der Waals surface area contributed by atoms with Gasteiger partial charge in [0.2, 0.25) is 5.91 Å². The van der Waals surface area contributed by atoms with Crippen molar-refractivity contribution in [1.82, 2.24) is 15.8 Å². The lowest BCUT2D eigenvalue weighted by Gasteiger charge is -2.41. The van der Waals surface area contributed by atoms with Gasteiger partial charge in [-0.15, -0.1) is 0 Å². The largest absolute Gasteiger partial charge is 0.373 e. The summed E-state index contributed by atoms with van der Waals surface area (Å²) in [6.07, 6.45) is 7.24. The minimum Gasteiger partial charge on any atom is -0.373 e. The number of piperidine rings is 1. The summed E-state index contributed by atoms with van der Waals surface area (Å²) in [5.41, 5.74) is 6.64. The number of carbonyl (C=O) groups excluding carboxylic acids is 1. The van der Waals surface area contributed by atoms with Crippen LogP contribution in [-0.4, -0.2) is 61.9 Å². The predicted octanol–water partition coefficient (Wildman–Crippen LogP) is 0.676. The molecule has 0 bridgehead atoms. The van der Waals surface area contributed by atoms with E-state index < -0.39 is 0 Å². The highest BCUT2D eigenvalue weighted by Crippen LogP contribution is 2.35. The molecule has 1 saturated carbocycles. The van der Waals surface area contributed by atoms with Crippen LogP contribution >= 0.6 is 0 Å². The zero-order chi connectivity index (χ0) is 15.6. The molecule has 3 heterocycles. The van der Waals surface area contributed by atoms with Crippen LogP contribution in [0, 0.1) is 11.8 Å². The lowest BCUT2D eigenvalue weighted by atomic mass is 9.76. The molecular weight excluding hydrogens is 294 g/mol. The number of carbonyl (C=O) groups is 1. The molecule has 23 heavy (non-hydrogen) atoms. The van der Waals surface area contributed by atoms with Crippen LogP contribution in [0.5, 0.6) is 0 Å². The summed E-state index contributed by atoms with van der Waals surface area (Å²) >= 11 is 0. The smallest absolute Gasteiger partial charge is 0.228 e. The van der Waals surface area contributed by atoms with E-state index in [0.717, 1.165) is 58.3 Å². The molecule has 1 aliphatic carbocycles.